The fourth-order valence-electron chi connectivity index (χ4n) is 3.31. The molecule has 2 fully saturated rings. The van der Waals surface area contributed by atoms with Crippen LogP contribution < -0.4 is 14.8 Å². The van der Waals surface area contributed by atoms with E-state index in [2.05, 4.69) is 14.8 Å². The fraction of sp³-hybridized carbons (Fsp3) is 0.643. The molecule has 2 aliphatic heterocycles. The predicted octanol–water partition coefficient (Wildman–Crippen LogP) is 1.10. The second-order valence-electron chi connectivity index (χ2n) is 5.89. The molecule has 0 aliphatic carbocycles. The summed E-state index contributed by atoms with van der Waals surface area (Å²) in [5.41, 5.74) is 0. The third-order valence-corrected chi connectivity index (χ3v) is 7.44. The van der Waals surface area contributed by atoms with Gasteiger partial charge in [-0.15, -0.1) is 11.3 Å². The zero-order chi connectivity index (χ0) is 16.6. The molecule has 2 atom stereocenters. The average Bonchev–Trinajstić information content (AvgIpc) is 3.10. The van der Waals surface area contributed by atoms with Gasteiger partial charge in [0.2, 0.25) is 0 Å². The van der Waals surface area contributed by atoms with E-state index in [1.54, 1.807) is 0 Å². The van der Waals surface area contributed by atoms with E-state index in [0.717, 1.165) is 37.0 Å². The fourth-order valence-corrected chi connectivity index (χ4v) is 6.09. The molecular formula is C14H20N2O5S2. The van der Waals surface area contributed by atoms with Crippen molar-refractivity contribution < 1.29 is 22.7 Å². The summed E-state index contributed by atoms with van der Waals surface area (Å²) < 4.78 is 37.9. The molecule has 2 bridgehead atoms. The summed E-state index contributed by atoms with van der Waals surface area (Å²) in [5, 5.41) is 3.48. The summed E-state index contributed by atoms with van der Waals surface area (Å²) >= 11 is 0.864. The Balaban J connectivity index is 1.81. The van der Waals surface area contributed by atoms with Crippen LogP contribution in [0.4, 0.5) is 0 Å². The summed E-state index contributed by atoms with van der Waals surface area (Å²) in [6.07, 6.45) is 3.76. The lowest BCUT2D eigenvalue weighted by Crippen LogP contribution is -2.47. The minimum atomic E-state index is -3.73. The number of methoxy groups -OCH3 is 2. The van der Waals surface area contributed by atoms with Crippen molar-refractivity contribution in [2.45, 2.75) is 48.0 Å². The molecule has 0 radical (unpaired) electrons. The molecule has 2 aliphatic rings. The highest BCUT2D eigenvalue weighted by molar-refractivity contribution is 7.91. The number of sulfonamides is 1. The molecule has 0 saturated carbocycles. The monoisotopic (exact) mass is 360 g/mol. The molecule has 0 amide bonds. The molecule has 2 unspecified atom stereocenters. The van der Waals surface area contributed by atoms with Gasteiger partial charge in [0.1, 0.15) is 4.88 Å². The van der Waals surface area contributed by atoms with E-state index in [1.807, 2.05) is 0 Å². The van der Waals surface area contributed by atoms with Crippen molar-refractivity contribution in [1.29, 1.82) is 0 Å². The Kier molecular flexibility index (Phi) is 4.63. The van der Waals surface area contributed by atoms with Crippen molar-refractivity contribution in [1.82, 2.24) is 10.0 Å². The molecule has 3 rings (SSSR count). The van der Waals surface area contributed by atoms with Crippen LogP contribution in [-0.2, 0) is 14.8 Å². The zero-order valence-corrected chi connectivity index (χ0v) is 14.6. The first kappa shape index (κ1) is 16.7. The summed E-state index contributed by atoms with van der Waals surface area (Å²) in [4.78, 5) is 11.8. The smallest absolute Gasteiger partial charge is 0.348 e. The van der Waals surface area contributed by atoms with Crippen LogP contribution >= 0.6 is 11.3 Å². The summed E-state index contributed by atoms with van der Waals surface area (Å²) in [5.74, 6) is -0.408. The first-order valence-corrected chi connectivity index (χ1v) is 9.77. The van der Waals surface area contributed by atoms with Crippen molar-refractivity contribution in [3.63, 3.8) is 0 Å². The first-order chi connectivity index (χ1) is 10.9. The van der Waals surface area contributed by atoms with Gasteiger partial charge in [-0.3, -0.25) is 0 Å². The predicted molar refractivity (Wildman–Crippen MR) is 85.5 cm³/mol. The lowest BCUT2D eigenvalue weighted by molar-refractivity contribution is 0.0606. The molecule has 1 aromatic rings. The van der Waals surface area contributed by atoms with Crippen LogP contribution in [0.15, 0.2) is 10.3 Å². The van der Waals surface area contributed by atoms with Crippen LogP contribution in [0.3, 0.4) is 0 Å². The number of hydrogen-bond donors (Lipinski definition) is 2. The Bertz CT molecular complexity index is 688. The summed E-state index contributed by atoms with van der Waals surface area (Å²) in [7, 11) is -1.10. The molecule has 2 N–H and O–H groups in total. The van der Waals surface area contributed by atoms with Gasteiger partial charge in [0.25, 0.3) is 10.0 Å². The van der Waals surface area contributed by atoms with Gasteiger partial charge in [-0.2, -0.15) is 0 Å². The van der Waals surface area contributed by atoms with Crippen molar-refractivity contribution in [3.8, 4) is 5.75 Å². The molecule has 23 heavy (non-hydrogen) atoms. The Labute approximate surface area is 139 Å². The van der Waals surface area contributed by atoms with Gasteiger partial charge in [0.05, 0.1) is 14.2 Å². The Morgan fingerprint density at radius 2 is 1.96 bits per heavy atom. The molecular weight excluding hydrogens is 340 g/mol. The number of piperidine rings is 1. The van der Waals surface area contributed by atoms with Crippen LogP contribution in [0.5, 0.6) is 5.75 Å². The number of nitrogens with one attached hydrogen (secondary N) is 2. The van der Waals surface area contributed by atoms with E-state index in [0.29, 0.717) is 12.1 Å². The van der Waals surface area contributed by atoms with E-state index < -0.39 is 16.0 Å². The van der Waals surface area contributed by atoms with Crippen LogP contribution in [0.1, 0.15) is 35.4 Å². The van der Waals surface area contributed by atoms with Crippen LogP contribution in [0.2, 0.25) is 0 Å². The van der Waals surface area contributed by atoms with Gasteiger partial charge in [-0.1, -0.05) is 0 Å². The maximum Gasteiger partial charge on any atom is 0.348 e. The minimum Gasteiger partial charge on any atom is -0.494 e. The van der Waals surface area contributed by atoms with Gasteiger partial charge >= 0.3 is 5.97 Å². The Morgan fingerprint density at radius 3 is 2.52 bits per heavy atom. The molecule has 9 heteroatoms. The third kappa shape index (κ3) is 3.37. The van der Waals surface area contributed by atoms with Crippen LogP contribution in [0.25, 0.3) is 0 Å². The molecule has 128 valence electrons. The number of thiophene rings is 1. The second-order valence-corrected chi connectivity index (χ2v) is 8.85. The summed E-state index contributed by atoms with van der Waals surface area (Å²) in [6, 6.07) is 2.08. The Hall–Kier alpha value is -1.16. The zero-order valence-electron chi connectivity index (χ0n) is 13.0. The molecule has 0 aromatic carbocycles. The quantitative estimate of drug-likeness (QED) is 0.764. The Morgan fingerprint density at radius 1 is 1.30 bits per heavy atom. The number of carbonyl (C=O) groups is 1. The lowest BCUT2D eigenvalue weighted by Gasteiger charge is -2.29. The standard InChI is InChI=1S/C14H20N2O5S2/c1-20-11-7-12(13(17)21-2)22-14(11)23(18,19)16-10-5-8-3-4-9(6-10)15-8/h7-10,15-16H,3-6H2,1-2H3. The number of fused-ring (bicyclic) bond motifs is 2. The normalized spacial score (nSPS) is 27.0. The number of rotatable bonds is 5. The molecule has 0 spiro atoms. The van der Waals surface area contributed by atoms with Crippen molar-refractivity contribution in [3.05, 3.63) is 10.9 Å². The van der Waals surface area contributed by atoms with E-state index in [9.17, 15) is 13.2 Å². The number of esters is 1. The first-order valence-electron chi connectivity index (χ1n) is 7.47. The van der Waals surface area contributed by atoms with E-state index in [1.165, 1.54) is 20.3 Å². The van der Waals surface area contributed by atoms with E-state index >= 15 is 0 Å². The topological polar surface area (TPSA) is 93.7 Å². The highest BCUT2D eigenvalue weighted by atomic mass is 32.2. The van der Waals surface area contributed by atoms with Gasteiger partial charge in [-0.25, -0.2) is 17.9 Å². The number of carbonyl (C=O) groups excluding carboxylic acids is 1. The molecule has 1 aromatic heterocycles. The maximum atomic E-state index is 12.7. The highest BCUT2D eigenvalue weighted by Crippen LogP contribution is 2.35. The summed E-state index contributed by atoms with van der Waals surface area (Å²) in [6.45, 7) is 0. The SMILES string of the molecule is COC(=O)c1cc(OC)c(S(=O)(=O)NC2CC3CCC(C2)N3)s1. The number of hydrogen-bond acceptors (Lipinski definition) is 7. The van der Waals surface area contributed by atoms with Crippen LogP contribution in [-0.4, -0.2) is 46.7 Å². The van der Waals surface area contributed by atoms with Crippen LogP contribution in [0, 0.1) is 0 Å². The average molecular weight is 360 g/mol. The van der Waals surface area contributed by atoms with Crippen molar-refractivity contribution in [2.75, 3.05) is 14.2 Å². The van der Waals surface area contributed by atoms with E-state index in [-0.39, 0.29) is 20.9 Å². The van der Waals surface area contributed by atoms with Gasteiger partial charge in [0.15, 0.2) is 9.96 Å². The largest absolute Gasteiger partial charge is 0.494 e. The van der Waals surface area contributed by atoms with Crippen molar-refractivity contribution in [2.24, 2.45) is 0 Å². The number of ether oxygens (including phenoxy) is 2. The highest BCUT2D eigenvalue weighted by Gasteiger charge is 2.36. The van der Waals surface area contributed by atoms with Gasteiger partial charge < -0.3 is 14.8 Å². The van der Waals surface area contributed by atoms with Crippen molar-refractivity contribution >= 4 is 27.3 Å². The second kappa shape index (κ2) is 6.39. The lowest BCUT2D eigenvalue weighted by atomic mass is 10.0. The van der Waals surface area contributed by atoms with Gasteiger partial charge in [0, 0.05) is 24.2 Å². The van der Waals surface area contributed by atoms with E-state index in [4.69, 9.17) is 4.74 Å². The molecule has 7 nitrogen and oxygen atoms in total. The molecule has 2 saturated heterocycles. The van der Waals surface area contributed by atoms with Gasteiger partial charge in [-0.05, 0) is 25.7 Å². The minimum absolute atomic E-state index is 0.0197. The molecule has 3 heterocycles. The maximum absolute atomic E-state index is 12.7. The third-order valence-electron chi connectivity index (χ3n) is 4.31.